The van der Waals surface area contributed by atoms with Crippen LogP contribution in [0.15, 0.2) is 12.4 Å². The molecule has 3 aromatic heterocycles. The summed E-state index contributed by atoms with van der Waals surface area (Å²) in [4.78, 5) is 16.9. The summed E-state index contributed by atoms with van der Waals surface area (Å²) < 4.78 is 6.32. The molecule has 0 bridgehead atoms. The smallest absolute Gasteiger partial charge is 0.234 e. The molecule has 6 heteroatoms. The van der Waals surface area contributed by atoms with Gasteiger partial charge in [0, 0.05) is 18.5 Å². The number of aromatic nitrogens is 3. The van der Waals surface area contributed by atoms with Gasteiger partial charge in [-0.15, -0.1) is 11.3 Å². The maximum atomic E-state index is 5.35. The molecule has 0 unspecified atom stereocenters. The molecular formula is C15H16N4OS. The van der Waals surface area contributed by atoms with E-state index in [0.29, 0.717) is 5.88 Å². The van der Waals surface area contributed by atoms with Gasteiger partial charge in [0.05, 0.1) is 12.6 Å². The van der Waals surface area contributed by atoms with Gasteiger partial charge >= 0.3 is 0 Å². The number of hydrogen-bond acceptors (Lipinski definition) is 6. The summed E-state index contributed by atoms with van der Waals surface area (Å²) in [5, 5.41) is 1.12. The fourth-order valence-electron chi connectivity index (χ4n) is 2.97. The van der Waals surface area contributed by atoms with Crippen molar-refractivity contribution < 1.29 is 4.74 Å². The lowest BCUT2D eigenvalue weighted by Gasteiger charge is -2.16. The quantitative estimate of drug-likeness (QED) is 0.727. The predicted octanol–water partition coefficient (Wildman–Crippen LogP) is 3.16. The third-order valence-electron chi connectivity index (χ3n) is 4.00. The number of aryl methyl sites for hydroxylation is 1. The van der Waals surface area contributed by atoms with Crippen LogP contribution in [0, 0.1) is 6.92 Å². The number of pyridine rings is 1. The van der Waals surface area contributed by atoms with Crippen molar-refractivity contribution in [2.45, 2.75) is 19.8 Å². The van der Waals surface area contributed by atoms with Crippen molar-refractivity contribution in [3.05, 3.63) is 18.0 Å². The number of thiophene rings is 1. The van der Waals surface area contributed by atoms with E-state index in [0.717, 1.165) is 39.3 Å². The molecule has 0 aliphatic carbocycles. The molecule has 4 heterocycles. The molecule has 0 aromatic carbocycles. The average Bonchev–Trinajstić information content (AvgIpc) is 3.13. The number of hydrogen-bond donors (Lipinski definition) is 0. The molecule has 1 aliphatic rings. The Balaban J connectivity index is 1.98. The van der Waals surface area contributed by atoms with Gasteiger partial charge in [-0.25, -0.2) is 15.0 Å². The van der Waals surface area contributed by atoms with Crippen molar-refractivity contribution in [2.75, 3.05) is 25.1 Å². The molecule has 0 radical (unpaired) electrons. The van der Waals surface area contributed by atoms with Crippen LogP contribution in [0.1, 0.15) is 18.4 Å². The monoisotopic (exact) mass is 300 g/mol. The van der Waals surface area contributed by atoms with E-state index in [1.54, 1.807) is 24.8 Å². The zero-order valence-corrected chi connectivity index (χ0v) is 12.9. The van der Waals surface area contributed by atoms with Crippen LogP contribution < -0.4 is 9.64 Å². The predicted molar refractivity (Wildman–Crippen MR) is 85.5 cm³/mol. The third kappa shape index (κ3) is 1.93. The van der Waals surface area contributed by atoms with Crippen molar-refractivity contribution in [3.63, 3.8) is 0 Å². The molecule has 1 aliphatic heterocycles. The molecule has 5 nitrogen and oxygen atoms in total. The summed E-state index contributed by atoms with van der Waals surface area (Å²) in [6.07, 6.45) is 4.07. The highest BCUT2D eigenvalue weighted by molar-refractivity contribution is 7.25. The Morgan fingerprint density at radius 1 is 1.24 bits per heavy atom. The van der Waals surface area contributed by atoms with Gasteiger partial charge in [0.1, 0.15) is 21.7 Å². The second-order valence-corrected chi connectivity index (χ2v) is 6.33. The SMILES string of the molecule is COc1ncnc2c1sc1nc(N3CCCC3)cc(C)c12. The fraction of sp³-hybridized carbons (Fsp3) is 0.400. The van der Waals surface area contributed by atoms with E-state index in [1.807, 2.05) is 0 Å². The minimum absolute atomic E-state index is 0.630. The summed E-state index contributed by atoms with van der Waals surface area (Å²) in [5.74, 6) is 1.71. The average molecular weight is 300 g/mol. The molecule has 3 aromatic rings. The van der Waals surface area contributed by atoms with Crippen molar-refractivity contribution in [1.82, 2.24) is 15.0 Å². The number of ether oxygens (including phenoxy) is 1. The first kappa shape index (κ1) is 12.8. The highest BCUT2D eigenvalue weighted by Crippen LogP contribution is 2.38. The molecule has 1 fully saturated rings. The van der Waals surface area contributed by atoms with E-state index in [1.165, 1.54) is 18.4 Å². The van der Waals surface area contributed by atoms with Crippen LogP contribution in [0.2, 0.25) is 0 Å². The Labute approximate surface area is 126 Å². The topological polar surface area (TPSA) is 51.1 Å². The van der Waals surface area contributed by atoms with E-state index in [-0.39, 0.29) is 0 Å². The molecule has 1 saturated heterocycles. The standard InChI is InChI=1S/C15H16N4OS/c1-9-7-10(19-5-3-4-6-19)18-15-11(9)12-13(21-15)14(20-2)17-8-16-12/h7-8H,3-6H2,1-2H3. The van der Waals surface area contributed by atoms with Crippen molar-refractivity contribution in [1.29, 1.82) is 0 Å². The zero-order chi connectivity index (χ0) is 14.4. The fourth-order valence-corrected chi connectivity index (χ4v) is 4.13. The zero-order valence-electron chi connectivity index (χ0n) is 12.1. The Hall–Kier alpha value is -1.95. The summed E-state index contributed by atoms with van der Waals surface area (Å²) in [6, 6.07) is 2.17. The van der Waals surface area contributed by atoms with Crippen LogP contribution in [0.4, 0.5) is 5.82 Å². The lowest BCUT2D eigenvalue weighted by molar-refractivity contribution is 0.403. The van der Waals surface area contributed by atoms with Gasteiger partial charge in [0.15, 0.2) is 0 Å². The number of anilines is 1. The summed E-state index contributed by atoms with van der Waals surface area (Å²) in [5.41, 5.74) is 2.16. The Morgan fingerprint density at radius 2 is 2.05 bits per heavy atom. The molecule has 0 saturated carbocycles. The van der Waals surface area contributed by atoms with Crippen LogP contribution in [-0.2, 0) is 0 Å². The van der Waals surface area contributed by atoms with Crippen LogP contribution in [0.5, 0.6) is 5.88 Å². The van der Waals surface area contributed by atoms with Crippen LogP contribution in [0.3, 0.4) is 0 Å². The first-order chi connectivity index (χ1) is 10.3. The van der Waals surface area contributed by atoms with Gasteiger partial charge in [0.2, 0.25) is 5.88 Å². The largest absolute Gasteiger partial charge is 0.480 e. The highest BCUT2D eigenvalue weighted by Gasteiger charge is 2.19. The lowest BCUT2D eigenvalue weighted by atomic mass is 10.2. The van der Waals surface area contributed by atoms with Gasteiger partial charge in [0.25, 0.3) is 0 Å². The van der Waals surface area contributed by atoms with Crippen LogP contribution in [0.25, 0.3) is 20.4 Å². The first-order valence-electron chi connectivity index (χ1n) is 7.11. The van der Waals surface area contributed by atoms with Gasteiger partial charge in [-0.1, -0.05) is 0 Å². The minimum atomic E-state index is 0.630. The molecule has 4 rings (SSSR count). The Morgan fingerprint density at radius 3 is 2.81 bits per heavy atom. The number of methoxy groups -OCH3 is 1. The summed E-state index contributed by atoms with van der Waals surface area (Å²) >= 11 is 1.61. The van der Waals surface area contributed by atoms with E-state index in [4.69, 9.17) is 9.72 Å². The second-order valence-electron chi connectivity index (χ2n) is 5.33. The Bertz CT molecular complexity index is 823. The van der Waals surface area contributed by atoms with Gasteiger partial charge < -0.3 is 9.64 Å². The molecule has 108 valence electrons. The molecule has 0 spiro atoms. The highest BCUT2D eigenvalue weighted by atomic mass is 32.1. The number of rotatable bonds is 2. The van der Waals surface area contributed by atoms with Crippen molar-refractivity contribution in [2.24, 2.45) is 0 Å². The molecular weight excluding hydrogens is 284 g/mol. The van der Waals surface area contributed by atoms with Crippen LogP contribution >= 0.6 is 11.3 Å². The van der Waals surface area contributed by atoms with E-state index in [2.05, 4.69) is 27.9 Å². The number of nitrogens with zero attached hydrogens (tertiary/aromatic N) is 4. The molecule has 0 amide bonds. The molecule has 0 atom stereocenters. The second kappa shape index (κ2) is 4.80. The maximum absolute atomic E-state index is 5.35. The van der Waals surface area contributed by atoms with E-state index < -0.39 is 0 Å². The first-order valence-corrected chi connectivity index (χ1v) is 7.93. The van der Waals surface area contributed by atoms with E-state index in [9.17, 15) is 0 Å². The molecule has 21 heavy (non-hydrogen) atoms. The minimum Gasteiger partial charge on any atom is -0.480 e. The molecule has 0 N–H and O–H groups in total. The normalized spacial score (nSPS) is 15.2. The third-order valence-corrected chi connectivity index (χ3v) is 5.06. The van der Waals surface area contributed by atoms with Gasteiger partial charge in [-0.2, -0.15) is 0 Å². The summed E-state index contributed by atoms with van der Waals surface area (Å²) in [6.45, 7) is 4.34. The van der Waals surface area contributed by atoms with Crippen molar-refractivity contribution >= 4 is 37.6 Å². The summed E-state index contributed by atoms with van der Waals surface area (Å²) in [7, 11) is 1.64. The van der Waals surface area contributed by atoms with Crippen LogP contribution in [-0.4, -0.2) is 35.2 Å². The Kier molecular flexibility index (Phi) is 2.92. The maximum Gasteiger partial charge on any atom is 0.234 e. The van der Waals surface area contributed by atoms with Crippen molar-refractivity contribution in [3.8, 4) is 5.88 Å². The van der Waals surface area contributed by atoms with E-state index >= 15 is 0 Å². The lowest BCUT2D eigenvalue weighted by Crippen LogP contribution is -2.18. The van der Waals surface area contributed by atoms with Gasteiger partial charge in [-0.3, -0.25) is 0 Å². The number of fused-ring (bicyclic) bond motifs is 3. The van der Waals surface area contributed by atoms with Gasteiger partial charge in [-0.05, 0) is 31.4 Å².